The fourth-order valence-corrected chi connectivity index (χ4v) is 3.32. The van der Waals surface area contributed by atoms with Crippen LogP contribution in [-0.2, 0) is 6.42 Å². The zero-order chi connectivity index (χ0) is 20.5. The third kappa shape index (κ3) is 7.12. The molecule has 0 radical (unpaired) electrons. The van der Waals surface area contributed by atoms with Gasteiger partial charge in [0.15, 0.2) is 5.96 Å². The lowest BCUT2D eigenvalue weighted by Crippen LogP contribution is -2.40. The molecule has 1 aromatic heterocycles. The number of aliphatic imine (C=N–C) groups is 1. The number of unbranched alkanes of at least 4 members (excludes halogenated alkanes) is 2. The summed E-state index contributed by atoms with van der Waals surface area (Å²) in [4.78, 5) is 11.3. The molecule has 1 saturated heterocycles. The van der Waals surface area contributed by atoms with Crippen molar-refractivity contribution >= 4 is 29.9 Å². The Kier molecular flexibility index (Phi) is 10.4. The summed E-state index contributed by atoms with van der Waals surface area (Å²) in [5.74, 6) is 2.98. The van der Waals surface area contributed by atoms with E-state index in [1.807, 2.05) is 24.3 Å². The first-order chi connectivity index (χ1) is 14.2. The van der Waals surface area contributed by atoms with Crippen LogP contribution < -0.4 is 10.1 Å². The largest absolute Gasteiger partial charge is 0.497 e. The average Bonchev–Trinajstić information content (AvgIpc) is 3.39. The molecule has 1 fully saturated rings. The minimum atomic E-state index is -0.240. The Morgan fingerprint density at radius 2 is 2.10 bits per heavy atom. The van der Waals surface area contributed by atoms with Gasteiger partial charge in [-0.2, -0.15) is 4.98 Å². The van der Waals surface area contributed by atoms with Crippen molar-refractivity contribution in [3.05, 3.63) is 30.2 Å². The van der Waals surface area contributed by atoms with Gasteiger partial charge < -0.3 is 24.6 Å². The molecule has 8 nitrogen and oxygen atoms in total. The van der Waals surface area contributed by atoms with Crippen molar-refractivity contribution in [1.82, 2.24) is 20.4 Å². The standard InChI is InChI=1S/C21H31N5O3.HI/c1-3-22-21(26-14-12-17(27)15-26)23-13-6-4-5-7-19-24-20(25-29-19)16-8-10-18(28-2)11-9-16;/h8-11,17,27H,3-7,12-15H2,1-2H3,(H,22,23);1H/t17-;/m1./s1. The zero-order valence-corrected chi connectivity index (χ0v) is 20.0. The van der Waals surface area contributed by atoms with Crippen LogP contribution in [0.25, 0.3) is 11.4 Å². The molecule has 0 spiro atoms. The molecule has 0 bridgehead atoms. The maximum atomic E-state index is 9.71. The molecule has 1 atom stereocenters. The number of halogens is 1. The van der Waals surface area contributed by atoms with Crippen molar-refractivity contribution in [3.8, 4) is 17.1 Å². The highest BCUT2D eigenvalue weighted by Gasteiger charge is 2.22. The van der Waals surface area contributed by atoms with Crippen molar-refractivity contribution in [1.29, 1.82) is 0 Å². The molecule has 0 aliphatic carbocycles. The molecule has 2 heterocycles. The Bertz CT molecular complexity index is 781. The van der Waals surface area contributed by atoms with Crippen molar-refractivity contribution in [2.75, 3.05) is 33.3 Å². The smallest absolute Gasteiger partial charge is 0.226 e. The quantitative estimate of drug-likeness (QED) is 0.223. The van der Waals surface area contributed by atoms with E-state index in [4.69, 9.17) is 14.3 Å². The summed E-state index contributed by atoms with van der Waals surface area (Å²) in [6.45, 7) is 5.20. The summed E-state index contributed by atoms with van der Waals surface area (Å²) in [5, 5.41) is 17.1. The number of β-amino-alcohol motifs (C(OH)–C–C–N with tert-alkyl or cyclic N) is 1. The van der Waals surface area contributed by atoms with E-state index in [1.54, 1.807) is 7.11 Å². The van der Waals surface area contributed by atoms with E-state index >= 15 is 0 Å². The number of guanidine groups is 1. The van der Waals surface area contributed by atoms with Crippen LogP contribution in [0.5, 0.6) is 5.75 Å². The summed E-state index contributed by atoms with van der Waals surface area (Å²) in [6, 6.07) is 7.62. The van der Waals surface area contributed by atoms with Crippen LogP contribution in [0.3, 0.4) is 0 Å². The van der Waals surface area contributed by atoms with Gasteiger partial charge in [0, 0.05) is 38.2 Å². The summed E-state index contributed by atoms with van der Waals surface area (Å²) in [6.07, 6.45) is 4.38. The third-order valence-electron chi connectivity index (χ3n) is 4.92. The van der Waals surface area contributed by atoms with Crippen LogP contribution in [0, 0.1) is 0 Å². The van der Waals surface area contributed by atoms with Gasteiger partial charge in [0.25, 0.3) is 0 Å². The fourth-order valence-electron chi connectivity index (χ4n) is 3.32. The first-order valence-corrected chi connectivity index (χ1v) is 10.4. The average molecular weight is 529 g/mol. The van der Waals surface area contributed by atoms with E-state index in [9.17, 15) is 5.11 Å². The van der Waals surface area contributed by atoms with E-state index in [0.717, 1.165) is 69.0 Å². The molecular weight excluding hydrogens is 497 g/mol. The van der Waals surface area contributed by atoms with Gasteiger partial charge in [-0.3, -0.25) is 4.99 Å². The number of aromatic nitrogens is 2. The molecule has 30 heavy (non-hydrogen) atoms. The lowest BCUT2D eigenvalue weighted by Gasteiger charge is -2.20. The van der Waals surface area contributed by atoms with E-state index in [2.05, 4.69) is 27.3 Å². The summed E-state index contributed by atoms with van der Waals surface area (Å²) < 4.78 is 10.5. The molecule has 3 rings (SSSR count). The molecule has 166 valence electrons. The number of hydrogen-bond donors (Lipinski definition) is 2. The van der Waals surface area contributed by atoms with E-state index < -0.39 is 0 Å². The van der Waals surface area contributed by atoms with Crippen LogP contribution in [0.4, 0.5) is 0 Å². The summed E-state index contributed by atoms with van der Waals surface area (Å²) in [7, 11) is 1.64. The van der Waals surface area contributed by atoms with Gasteiger partial charge in [0.05, 0.1) is 13.2 Å². The second-order valence-corrected chi connectivity index (χ2v) is 7.18. The number of nitrogens with zero attached hydrogens (tertiary/aromatic N) is 4. The number of aliphatic hydroxyl groups excluding tert-OH is 1. The van der Waals surface area contributed by atoms with Crippen LogP contribution in [0.2, 0.25) is 0 Å². The predicted molar refractivity (Wildman–Crippen MR) is 127 cm³/mol. The van der Waals surface area contributed by atoms with Gasteiger partial charge in [0.2, 0.25) is 11.7 Å². The number of nitrogens with one attached hydrogen (secondary N) is 1. The number of hydrogen-bond acceptors (Lipinski definition) is 6. The van der Waals surface area contributed by atoms with Gasteiger partial charge in [0.1, 0.15) is 5.75 Å². The Morgan fingerprint density at radius 1 is 1.30 bits per heavy atom. The minimum Gasteiger partial charge on any atom is -0.497 e. The van der Waals surface area contributed by atoms with Crippen LogP contribution >= 0.6 is 24.0 Å². The topological polar surface area (TPSA) is 96.0 Å². The first kappa shape index (κ1) is 24.4. The molecule has 9 heteroatoms. The third-order valence-corrected chi connectivity index (χ3v) is 4.92. The van der Waals surface area contributed by atoms with E-state index in [1.165, 1.54) is 0 Å². The fraction of sp³-hybridized carbons (Fsp3) is 0.571. The monoisotopic (exact) mass is 529 g/mol. The molecule has 1 aliphatic heterocycles. The highest BCUT2D eigenvalue weighted by atomic mass is 127. The Morgan fingerprint density at radius 3 is 2.77 bits per heavy atom. The Labute approximate surface area is 195 Å². The summed E-state index contributed by atoms with van der Waals surface area (Å²) >= 11 is 0. The van der Waals surface area contributed by atoms with Crippen molar-refractivity contribution in [2.24, 2.45) is 4.99 Å². The van der Waals surface area contributed by atoms with E-state index in [0.29, 0.717) is 18.3 Å². The number of likely N-dealkylation sites (tertiary alicyclic amines) is 1. The molecule has 2 aromatic rings. The molecule has 0 saturated carbocycles. The van der Waals surface area contributed by atoms with Crippen molar-refractivity contribution in [3.63, 3.8) is 0 Å². The predicted octanol–water partition coefficient (Wildman–Crippen LogP) is 3.11. The molecule has 1 aromatic carbocycles. The van der Waals surface area contributed by atoms with Gasteiger partial charge in [-0.1, -0.05) is 11.6 Å². The second-order valence-electron chi connectivity index (χ2n) is 7.18. The molecule has 0 unspecified atom stereocenters. The maximum absolute atomic E-state index is 9.71. The molecule has 0 amide bonds. The van der Waals surface area contributed by atoms with Gasteiger partial charge in [-0.15, -0.1) is 24.0 Å². The van der Waals surface area contributed by atoms with Gasteiger partial charge >= 0.3 is 0 Å². The highest BCUT2D eigenvalue weighted by Crippen LogP contribution is 2.20. The SMILES string of the molecule is CCNC(=NCCCCCc1nc(-c2ccc(OC)cc2)no1)N1CC[C@@H](O)C1.I. The summed E-state index contributed by atoms with van der Waals surface area (Å²) in [5.41, 5.74) is 0.915. The minimum absolute atomic E-state index is 0. The maximum Gasteiger partial charge on any atom is 0.226 e. The molecular formula is C21H32IN5O3. The second kappa shape index (κ2) is 12.7. The highest BCUT2D eigenvalue weighted by molar-refractivity contribution is 14.0. The number of rotatable bonds is 9. The van der Waals surface area contributed by atoms with Crippen LogP contribution in [-0.4, -0.2) is 65.5 Å². The lowest BCUT2D eigenvalue weighted by molar-refractivity contribution is 0.188. The number of ether oxygens (including phenoxy) is 1. The van der Waals surface area contributed by atoms with Crippen LogP contribution in [0.15, 0.2) is 33.8 Å². The number of methoxy groups -OCH3 is 1. The zero-order valence-electron chi connectivity index (χ0n) is 17.7. The molecule has 1 aliphatic rings. The normalized spacial score (nSPS) is 16.4. The number of aliphatic hydroxyl groups is 1. The van der Waals surface area contributed by atoms with Crippen molar-refractivity contribution in [2.45, 2.75) is 45.1 Å². The lowest BCUT2D eigenvalue weighted by atomic mass is 10.2. The van der Waals surface area contributed by atoms with Crippen LogP contribution in [0.1, 0.15) is 38.5 Å². The van der Waals surface area contributed by atoms with Gasteiger partial charge in [-0.05, 0) is 50.5 Å². The van der Waals surface area contributed by atoms with E-state index in [-0.39, 0.29) is 30.1 Å². The van der Waals surface area contributed by atoms with Crippen molar-refractivity contribution < 1.29 is 14.4 Å². The Balaban J connectivity index is 0.00000320. The Hall–Kier alpha value is -1.88. The van der Waals surface area contributed by atoms with Gasteiger partial charge in [-0.25, -0.2) is 0 Å². The number of aryl methyl sites for hydroxylation is 1. The number of benzene rings is 1. The first-order valence-electron chi connectivity index (χ1n) is 10.4. The molecule has 2 N–H and O–H groups in total.